The molecule has 0 atom stereocenters. The van der Waals surface area contributed by atoms with Crippen LogP contribution >= 0.6 is 0 Å². The molecule has 0 aliphatic rings. The zero-order valence-electron chi connectivity index (χ0n) is 14.6. The van der Waals surface area contributed by atoms with E-state index in [2.05, 4.69) is 0 Å². The number of carbonyl (C=O) groups is 2. The minimum Gasteiger partial charge on any atom is -0.462 e. The summed E-state index contributed by atoms with van der Waals surface area (Å²) >= 11 is 0. The zero-order chi connectivity index (χ0) is 18.1. The van der Waals surface area contributed by atoms with Crippen molar-refractivity contribution in [3.05, 3.63) is 60.2 Å². The van der Waals surface area contributed by atoms with Crippen molar-refractivity contribution >= 4 is 17.7 Å². The Morgan fingerprint density at radius 3 is 2.24 bits per heavy atom. The van der Waals surface area contributed by atoms with Crippen LogP contribution in [0.25, 0.3) is 0 Å². The number of nitrogens with zero attached hydrogens (tertiary/aromatic N) is 1. The summed E-state index contributed by atoms with van der Waals surface area (Å²) in [5.74, 6) is 0.00952. The van der Waals surface area contributed by atoms with E-state index in [-0.39, 0.29) is 5.97 Å². The number of esters is 1. The number of benzene rings is 2. The molecule has 0 saturated carbocycles. The van der Waals surface area contributed by atoms with Gasteiger partial charge in [0, 0.05) is 12.2 Å². The average molecular weight is 341 g/mol. The van der Waals surface area contributed by atoms with Gasteiger partial charge in [-0.15, -0.1) is 0 Å². The molecule has 0 bridgehead atoms. The molecule has 2 aromatic rings. The van der Waals surface area contributed by atoms with E-state index in [0.717, 1.165) is 18.5 Å². The summed E-state index contributed by atoms with van der Waals surface area (Å²) < 4.78 is 10.5. The number of anilines is 1. The molecule has 0 aliphatic heterocycles. The maximum Gasteiger partial charge on any atom is 0.419 e. The minimum absolute atomic E-state index is 0.370. The molecular weight excluding hydrogens is 318 g/mol. The predicted octanol–water partition coefficient (Wildman–Crippen LogP) is 4.67. The molecule has 0 heterocycles. The predicted molar refractivity (Wildman–Crippen MR) is 97.1 cm³/mol. The molecule has 0 saturated heterocycles. The van der Waals surface area contributed by atoms with Gasteiger partial charge >= 0.3 is 12.1 Å². The van der Waals surface area contributed by atoms with E-state index in [1.165, 1.54) is 4.90 Å². The van der Waals surface area contributed by atoms with Crippen molar-refractivity contribution in [3.63, 3.8) is 0 Å². The molecule has 1 amide bonds. The molecule has 132 valence electrons. The highest BCUT2D eigenvalue weighted by Gasteiger charge is 2.16. The van der Waals surface area contributed by atoms with Gasteiger partial charge in [0.2, 0.25) is 0 Å². The van der Waals surface area contributed by atoms with Crippen molar-refractivity contribution in [2.45, 2.75) is 26.7 Å². The Kier molecular flexibility index (Phi) is 7.01. The maximum atomic E-state index is 12.3. The highest BCUT2D eigenvalue weighted by molar-refractivity contribution is 5.90. The first-order valence-electron chi connectivity index (χ1n) is 8.47. The van der Waals surface area contributed by atoms with Gasteiger partial charge in [0.1, 0.15) is 5.75 Å². The number of hydrogen-bond acceptors (Lipinski definition) is 4. The third-order valence-corrected chi connectivity index (χ3v) is 3.63. The molecule has 0 fully saturated rings. The summed E-state index contributed by atoms with van der Waals surface area (Å²) in [7, 11) is 0. The number of hydrogen-bond donors (Lipinski definition) is 0. The molecule has 5 nitrogen and oxygen atoms in total. The van der Waals surface area contributed by atoms with Crippen LogP contribution in [0, 0.1) is 0 Å². The standard InChI is InChI=1S/C20H23NO4/c1-3-5-15-24-19(22)16-11-13-18(14-12-16)25-20(23)21(4-2)17-9-7-6-8-10-17/h6-14H,3-5,15H2,1-2H3. The summed E-state index contributed by atoms with van der Waals surface area (Å²) in [5.41, 5.74) is 1.21. The van der Waals surface area contributed by atoms with E-state index in [4.69, 9.17) is 9.47 Å². The van der Waals surface area contributed by atoms with Crippen molar-refractivity contribution in [2.75, 3.05) is 18.1 Å². The summed E-state index contributed by atoms with van der Waals surface area (Å²) in [6, 6.07) is 15.7. The maximum absolute atomic E-state index is 12.3. The summed E-state index contributed by atoms with van der Waals surface area (Å²) in [5, 5.41) is 0. The lowest BCUT2D eigenvalue weighted by molar-refractivity contribution is 0.0499. The van der Waals surface area contributed by atoms with E-state index in [0.29, 0.717) is 24.5 Å². The van der Waals surface area contributed by atoms with E-state index in [1.807, 2.05) is 44.2 Å². The normalized spacial score (nSPS) is 10.2. The van der Waals surface area contributed by atoms with Crippen LogP contribution in [0.1, 0.15) is 37.0 Å². The first kappa shape index (κ1) is 18.5. The van der Waals surface area contributed by atoms with Crippen LogP contribution in [0.3, 0.4) is 0 Å². The SMILES string of the molecule is CCCCOC(=O)c1ccc(OC(=O)N(CC)c2ccccc2)cc1. The van der Waals surface area contributed by atoms with Crippen LogP contribution in [0.4, 0.5) is 10.5 Å². The van der Waals surface area contributed by atoms with Crippen molar-refractivity contribution in [1.82, 2.24) is 0 Å². The number of ether oxygens (including phenoxy) is 2. The van der Waals surface area contributed by atoms with Crippen molar-refractivity contribution in [1.29, 1.82) is 0 Å². The van der Waals surface area contributed by atoms with E-state index >= 15 is 0 Å². The van der Waals surface area contributed by atoms with Crippen molar-refractivity contribution in [2.24, 2.45) is 0 Å². The molecule has 2 aromatic carbocycles. The second-order valence-corrected chi connectivity index (χ2v) is 5.46. The van der Waals surface area contributed by atoms with Crippen LogP contribution < -0.4 is 9.64 Å². The van der Waals surface area contributed by atoms with E-state index in [9.17, 15) is 9.59 Å². The van der Waals surface area contributed by atoms with Gasteiger partial charge in [-0.2, -0.15) is 0 Å². The quantitative estimate of drug-likeness (QED) is 0.542. The third kappa shape index (κ3) is 5.35. The lowest BCUT2D eigenvalue weighted by Gasteiger charge is -2.20. The number of rotatable bonds is 7. The van der Waals surface area contributed by atoms with Gasteiger partial charge in [0.25, 0.3) is 0 Å². The monoisotopic (exact) mass is 341 g/mol. The lowest BCUT2D eigenvalue weighted by atomic mass is 10.2. The molecule has 2 rings (SSSR count). The number of unbranched alkanes of at least 4 members (excludes halogenated alkanes) is 1. The molecule has 0 aromatic heterocycles. The fourth-order valence-electron chi connectivity index (χ4n) is 2.23. The smallest absolute Gasteiger partial charge is 0.419 e. The Hall–Kier alpha value is -2.82. The molecule has 0 aliphatic carbocycles. The Morgan fingerprint density at radius 2 is 1.64 bits per heavy atom. The van der Waals surface area contributed by atoms with E-state index in [1.54, 1.807) is 24.3 Å². The number of amides is 1. The highest BCUT2D eigenvalue weighted by atomic mass is 16.6. The largest absolute Gasteiger partial charge is 0.462 e. The zero-order valence-corrected chi connectivity index (χ0v) is 14.6. The molecule has 5 heteroatoms. The molecule has 25 heavy (non-hydrogen) atoms. The third-order valence-electron chi connectivity index (χ3n) is 3.63. The van der Waals surface area contributed by atoms with Gasteiger partial charge < -0.3 is 9.47 Å². The molecular formula is C20H23NO4. The summed E-state index contributed by atoms with van der Waals surface area (Å²) in [6.07, 6.45) is 1.35. The summed E-state index contributed by atoms with van der Waals surface area (Å²) in [4.78, 5) is 25.7. The van der Waals surface area contributed by atoms with Gasteiger partial charge in [-0.05, 0) is 49.7 Å². The molecule has 0 N–H and O–H groups in total. The topological polar surface area (TPSA) is 55.8 Å². The van der Waals surface area contributed by atoms with Gasteiger partial charge in [0.05, 0.1) is 12.2 Å². The molecule has 0 spiro atoms. The first-order valence-corrected chi connectivity index (χ1v) is 8.47. The van der Waals surface area contributed by atoms with Crippen LogP contribution in [0.15, 0.2) is 54.6 Å². The van der Waals surface area contributed by atoms with Gasteiger partial charge in [-0.3, -0.25) is 4.90 Å². The molecule has 0 unspecified atom stereocenters. The Balaban J connectivity index is 1.98. The van der Waals surface area contributed by atoms with Crippen LogP contribution in [-0.4, -0.2) is 25.2 Å². The fourth-order valence-corrected chi connectivity index (χ4v) is 2.23. The number of para-hydroxylation sites is 1. The second kappa shape index (κ2) is 9.47. The van der Waals surface area contributed by atoms with E-state index < -0.39 is 6.09 Å². The lowest BCUT2D eigenvalue weighted by Crippen LogP contribution is -2.33. The fraction of sp³-hybridized carbons (Fsp3) is 0.300. The van der Waals surface area contributed by atoms with Crippen molar-refractivity contribution in [3.8, 4) is 5.75 Å². The van der Waals surface area contributed by atoms with Gasteiger partial charge in [0.15, 0.2) is 0 Å². The minimum atomic E-state index is -0.466. The molecule has 0 radical (unpaired) electrons. The van der Waals surface area contributed by atoms with Crippen LogP contribution in [0.2, 0.25) is 0 Å². The van der Waals surface area contributed by atoms with Gasteiger partial charge in [-0.25, -0.2) is 9.59 Å². The Bertz CT molecular complexity index is 683. The average Bonchev–Trinajstić information content (AvgIpc) is 2.64. The Labute approximate surface area is 148 Å². The van der Waals surface area contributed by atoms with Crippen LogP contribution in [-0.2, 0) is 4.74 Å². The second-order valence-electron chi connectivity index (χ2n) is 5.46. The Morgan fingerprint density at radius 1 is 0.960 bits per heavy atom. The number of carbonyl (C=O) groups excluding carboxylic acids is 2. The van der Waals surface area contributed by atoms with Gasteiger partial charge in [-0.1, -0.05) is 31.5 Å². The summed E-state index contributed by atoms with van der Waals surface area (Å²) in [6.45, 7) is 4.81. The first-order chi connectivity index (χ1) is 12.2. The van der Waals surface area contributed by atoms with Crippen molar-refractivity contribution < 1.29 is 19.1 Å². The van der Waals surface area contributed by atoms with Crippen LogP contribution in [0.5, 0.6) is 5.75 Å². The highest BCUT2D eigenvalue weighted by Crippen LogP contribution is 2.18.